The number of rotatable bonds is 3. The Labute approximate surface area is 104 Å². The van der Waals surface area contributed by atoms with Crippen LogP contribution in [0.4, 0.5) is 0 Å². The van der Waals surface area contributed by atoms with Crippen LogP contribution < -0.4 is 5.73 Å². The Kier molecular flexibility index (Phi) is 3.82. The Hall–Kier alpha value is -0.900. The van der Waals surface area contributed by atoms with Crippen molar-refractivity contribution >= 4 is 0 Å². The third-order valence-electron chi connectivity index (χ3n) is 3.82. The van der Waals surface area contributed by atoms with Crippen LogP contribution >= 0.6 is 0 Å². The summed E-state index contributed by atoms with van der Waals surface area (Å²) in [5.74, 6) is 2.93. The van der Waals surface area contributed by atoms with Crippen LogP contribution in [0.3, 0.4) is 0 Å². The van der Waals surface area contributed by atoms with Crippen molar-refractivity contribution in [3.8, 4) is 0 Å². The second kappa shape index (κ2) is 5.17. The molecule has 1 aliphatic carbocycles. The minimum Gasteiger partial charge on any atom is -0.328 e. The molecule has 2 rings (SSSR count). The molecule has 0 aliphatic heterocycles. The van der Waals surface area contributed by atoms with Crippen LogP contribution in [0.5, 0.6) is 0 Å². The van der Waals surface area contributed by atoms with Crippen LogP contribution in [0.1, 0.15) is 57.2 Å². The SMILES string of the molecule is Cc1nnc(CC2CCC(N)CC2)n1C(C)C. The van der Waals surface area contributed by atoms with Gasteiger partial charge in [0.2, 0.25) is 0 Å². The number of nitrogens with zero attached hydrogens (tertiary/aromatic N) is 3. The number of nitrogens with two attached hydrogens (primary N) is 1. The van der Waals surface area contributed by atoms with E-state index in [9.17, 15) is 0 Å². The molecule has 1 fully saturated rings. The summed E-state index contributed by atoms with van der Waals surface area (Å²) in [6.45, 7) is 6.42. The van der Waals surface area contributed by atoms with E-state index in [-0.39, 0.29) is 0 Å². The third kappa shape index (κ3) is 2.86. The van der Waals surface area contributed by atoms with Gasteiger partial charge in [0.1, 0.15) is 11.6 Å². The zero-order chi connectivity index (χ0) is 12.4. The maximum atomic E-state index is 5.94. The van der Waals surface area contributed by atoms with Crippen molar-refractivity contribution in [1.29, 1.82) is 0 Å². The molecule has 17 heavy (non-hydrogen) atoms. The smallest absolute Gasteiger partial charge is 0.133 e. The van der Waals surface area contributed by atoms with Crippen molar-refractivity contribution in [2.24, 2.45) is 11.7 Å². The molecule has 2 N–H and O–H groups in total. The molecule has 1 aromatic rings. The van der Waals surface area contributed by atoms with Gasteiger partial charge < -0.3 is 10.3 Å². The molecular formula is C13H24N4. The lowest BCUT2D eigenvalue weighted by atomic mass is 9.84. The van der Waals surface area contributed by atoms with Gasteiger partial charge in [-0.15, -0.1) is 10.2 Å². The van der Waals surface area contributed by atoms with E-state index in [1.165, 1.54) is 25.7 Å². The maximum absolute atomic E-state index is 5.94. The molecule has 0 aromatic carbocycles. The van der Waals surface area contributed by atoms with Gasteiger partial charge in [-0.1, -0.05) is 0 Å². The van der Waals surface area contributed by atoms with E-state index >= 15 is 0 Å². The van der Waals surface area contributed by atoms with Crippen molar-refractivity contribution in [2.75, 3.05) is 0 Å². The van der Waals surface area contributed by atoms with Gasteiger partial charge in [0.15, 0.2) is 0 Å². The van der Waals surface area contributed by atoms with E-state index in [0.717, 1.165) is 24.0 Å². The summed E-state index contributed by atoms with van der Waals surface area (Å²) in [6.07, 6.45) is 5.88. The highest BCUT2D eigenvalue weighted by atomic mass is 15.3. The highest BCUT2D eigenvalue weighted by Crippen LogP contribution is 2.26. The van der Waals surface area contributed by atoms with Crippen molar-refractivity contribution in [2.45, 2.75) is 65.0 Å². The quantitative estimate of drug-likeness (QED) is 0.875. The first-order chi connectivity index (χ1) is 8.08. The molecule has 4 nitrogen and oxygen atoms in total. The van der Waals surface area contributed by atoms with Gasteiger partial charge in [-0.2, -0.15) is 0 Å². The number of aryl methyl sites for hydroxylation is 1. The van der Waals surface area contributed by atoms with Crippen LogP contribution in [-0.2, 0) is 6.42 Å². The first-order valence-electron chi connectivity index (χ1n) is 6.74. The van der Waals surface area contributed by atoms with E-state index in [4.69, 9.17) is 5.73 Å². The van der Waals surface area contributed by atoms with Crippen LogP contribution in [0, 0.1) is 12.8 Å². The molecule has 1 heterocycles. The van der Waals surface area contributed by atoms with E-state index in [2.05, 4.69) is 28.6 Å². The van der Waals surface area contributed by atoms with E-state index in [0.29, 0.717) is 12.1 Å². The summed E-state index contributed by atoms with van der Waals surface area (Å²) in [7, 11) is 0. The molecule has 0 atom stereocenters. The molecule has 0 spiro atoms. The first kappa shape index (κ1) is 12.6. The third-order valence-corrected chi connectivity index (χ3v) is 3.82. The molecule has 0 amide bonds. The molecule has 96 valence electrons. The standard InChI is InChI=1S/C13H24N4/c1-9(2)17-10(3)15-16-13(17)8-11-4-6-12(14)7-5-11/h9,11-12H,4-8,14H2,1-3H3. The van der Waals surface area contributed by atoms with Crippen molar-refractivity contribution in [1.82, 2.24) is 14.8 Å². The molecule has 0 unspecified atom stereocenters. The van der Waals surface area contributed by atoms with E-state index < -0.39 is 0 Å². The fourth-order valence-corrected chi connectivity index (χ4v) is 2.87. The molecule has 0 bridgehead atoms. The lowest BCUT2D eigenvalue weighted by Gasteiger charge is -2.26. The summed E-state index contributed by atoms with van der Waals surface area (Å²) in [5, 5.41) is 8.54. The monoisotopic (exact) mass is 236 g/mol. The fraction of sp³-hybridized carbons (Fsp3) is 0.846. The Morgan fingerprint density at radius 1 is 1.24 bits per heavy atom. The number of hydrogen-bond donors (Lipinski definition) is 1. The summed E-state index contributed by atoms with van der Waals surface area (Å²) in [5.41, 5.74) is 5.94. The van der Waals surface area contributed by atoms with Crippen LogP contribution in [0.25, 0.3) is 0 Å². The van der Waals surface area contributed by atoms with Crippen molar-refractivity contribution in [3.63, 3.8) is 0 Å². The molecule has 4 heteroatoms. The zero-order valence-corrected chi connectivity index (χ0v) is 11.2. The predicted octanol–water partition coefficient (Wildman–Crippen LogP) is 2.23. The average Bonchev–Trinajstić information content (AvgIpc) is 2.63. The number of aromatic nitrogens is 3. The van der Waals surface area contributed by atoms with Gasteiger partial charge in [0.05, 0.1) is 0 Å². The van der Waals surface area contributed by atoms with Gasteiger partial charge >= 0.3 is 0 Å². The summed E-state index contributed by atoms with van der Waals surface area (Å²) in [6, 6.07) is 0.877. The Morgan fingerprint density at radius 2 is 1.88 bits per heavy atom. The number of hydrogen-bond acceptors (Lipinski definition) is 3. The summed E-state index contributed by atoms with van der Waals surface area (Å²) < 4.78 is 2.26. The highest BCUT2D eigenvalue weighted by Gasteiger charge is 2.22. The zero-order valence-electron chi connectivity index (χ0n) is 11.2. The molecule has 0 radical (unpaired) electrons. The first-order valence-corrected chi connectivity index (χ1v) is 6.74. The van der Waals surface area contributed by atoms with Crippen molar-refractivity contribution < 1.29 is 0 Å². The second-order valence-corrected chi connectivity index (χ2v) is 5.61. The lowest BCUT2D eigenvalue weighted by molar-refractivity contribution is 0.316. The van der Waals surface area contributed by atoms with Crippen LogP contribution in [-0.4, -0.2) is 20.8 Å². The molecule has 1 aromatic heterocycles. The molecule has 0 saturated heterocycles. The largest absolute Gasteiger partial charge is 0.328 e. The summed E-state index contributed by atoms with van der Waals surface area (Å²) >= 11 is 0. The van der Waals surface area contributed by atoms with Gasteiger partial charge in [-0.3, -0.25) is 0 Å². The predicted molar refractivity (Wildman–Crippen MR) is 68.8 cm³/mol. The second-order valence-electron chi connectivity index (χ2n) is 5.61. The minimum atomic E-state index is 0.427. The summed E-state index contributed by atoms with van der Waals surface area (Å²) in [4.78, 5) is 0. The van der Waals surface area contributed by atoms with E-state index in [1.807, 2.05) is 6.92 Å². The Balaban J connectivity index is 2.03. The molecule has 1 aliphatic rings. The van der Waals surface area contributed by atoms with Gasteiger partial charge in [0, 0.05) is 18.5 Å². The molecular weight excluding hydrogens is 212 g/mol. The lowest BCUT2D eigenvalue weighted by Crippen LogP contribution is -2.27. The molecule has 1 saturated carbocycles. The van der Waals surface area contributed by atoms with Crippen LogP contribution in [0.15, 0.2) is 0 Å². The van der Waals surface area contributed by atoms with Gasteiger partial charge in [0.25, 0.3) is 0 Å². The average molecular weight is 236 g/mol. The van der Waals surface area contributed by atoms with Crippen molar-refractivity contribution in [3.05, 3.63) is 11.6 Å². The Morgan fingerprint density at radius 3 is 2.47 bits per heavy atom. The van der Waals surface area contributed by atoms with E-state index in [1.54, 1.807) is 0 Å². The normalized spacial score (nSPS) is 25.5. The van der Waals surface area contributed by atoms with Crippen LogP contribution in [0.2, 0.25) is 0 Å². The van der Waals surface area contributed by atoms with Gasteiger partial charge in [-0.25, -0.2) is 0 Å². The maximum Gasteiger partial charge on any atom is 0.133 e. The fourth-order valence-electron chi connectivity index (χ4n) is 2.87. The van der Waals surface area contributed by atoms with Gasteiger partial charge in [-0.05, 0) is 52.4 Å². The highest BCUT2D eigenvalue weighted by molar-refractivity contribution is 4.98. The topological polar surface area (TPSA) is 56.7 Å². The Bertz CT molecular complexity index is 361. The minimum absolute atomic E-state index is 0.427.